The van der Waals surface area contributed by atoms with Crippen molar-refractivity contribution < 1.29 is 18.3 Å². The van der Waals surface area contributed by atoms with Crippen molar-refractivity contribution in [1.82, 2.24) is 0 Å². The smallest absolute Gasteiger partial charge is 0.383 e. The van der Waals surface area contributed by atoms with Crippen LogP contribution in [0.4, 0.5) is 13.2 Å². The fourth-order valence-electron chi connectivity index (χ4n) is 1.80. The third-order valence-corrected chi connectivity index (χ3v) is 4.20. The van der Waals surface area contributed by atoms with Gasteiger partial charge in [0.1, 0.15) is 6.10 Å². The van der Waals surface area contributed by atoms with Gasteiger partial charge in [0, 0.05) is 0 Å². The van der Waals surface area contributed by atoms with Crippen molar-refractivity contribution in [1.29, 1.82) is 0 Å². The Bertz CT molecular complexity index is 592. The predicted molar refractivity (Wildman–Crippen MR) is 69.6 cm³/mol. The Morgan fingerprint density at radius 1 is 1.26 bits per heavy atom. The van der Waals surface area contributed by atoms with Gasteiger partial charge in [-0.25, -0.2) is 0 Å². The Labute approximate surface area is 117 Å². The average molecular weight is 307 g/mol. The fourth-order valence-corrected chi connectivity index (χ4v) is 2.96. The highest BCUT2D eigenvalue weighted by atomic mass is 35.5. The van der Waals surface area contributed by atoms with E-state index in [-0.39, 0.29) is 0 Å². The van der Waals surface area contributed by atoms with E-state index in [9.17, 15) is 18.3 Å². The summed E-state index contributed by atoms with van der Waals surface area (Å²) in [6.45, 7) is 1.54. The molecule has 0 saturated heterocycles. The van der Waals surface area contributed by atoms with Crippen molar-refractivity contribution in [2.24, 2.45) is 0 Å². The molecule has 0 aliphatic rings. The van der Waals surface area contributed by atoms with Gasteiger partial charge in [-0.1, -0.05) is 17.7 Å². The van der Waals surface area contributed by atoms with E-state index in [2.05, 4.69) is 0 Å². The third-order valence-electron chi connectivity index (χ3n) is 2.78. The zero-order valence-electron chi connectivity index (χ0n) is 9.83. The van der Waals surface area contributed by atoms with Gasteiger partial charge in [-0.3, -0.25) is 0 Å². The van der Waals surface area contributed by atoms with Crippen LogP contribution >= 0.6 is 22.9 Å². The van der Waals surface area contributed by atoms with E-state index in [1.54, 1.807) is 11.4 Å². The lowest BCUT2D eigenvalue weighted by atomic mass is 9.99. The van der Waals surface area contributed by atoms with E-state index in [1.165, 1.54) is 24.3 Å². The molecule has 0 aliphatic carbocycles. The summed E-state index contributed by atoms with van der Waals surface area (Å²) in [5, 5.41) is 12.3. The maximum atomic E-state index is 12.6. The Balaban J connectivity index is 2.39. The first-order valence-electron chi connectivity index (χ1n) is 5.39. The molecule has 0 radical (unpaired) electrons. The third kappa shape index (κ3) is 2.94. The average Bonchev–Trinajstić information content (AvgIpc) is 2.73. The zero-order chi connectivity index (χ0) is 14.2. The number of aryl methyl sites for hydroxylation is 1. The second-order valence-electron chi connectivity index (χ2n) is 4.10. The minimum atomic E-state index is -4.38. The van der Waals surface area contributed by atoms with Crippen molar-refractivity contribution in [3.63, 3.8) is 0 Å². The second-order valence-corrected chi connectivity index (χ2v) is 5.46. The molecule has 0 spiro atoms. The number of alkyl halides is 3. The molecule has 2 rings (SSSR count). The topological polar surface area (TPSA) is 20.2 Å². The summed E-state index contributed by atoms with van der Waals surface area (Å²) in [5.41, 5.74) is 0.0855. The molecule has 1 atom stereocenters. The van der Waals surface area contributed by atoms with Crippen LogP contribution in [0.1, 0.15) is 27.7 Å². The lowest BCUT2D eigenvalue weighted by Crippen LogP contribution is -2.07. The van der Waals surface area contributed by atoms with Crippen LogP contribution in [-0.4, -0.2) is 5.11 Å². The highest BCUT2D eigenvalue weighted by Gasteiger charge is 2.31. The van der Waals surface area contributed by atoms with E-state index in [0.29, 0.717) is 21.0 Å². The van der Waals surface area contributed by atoms with Crippen LogP contribution < -0.4 is 0 Å². The number of hydrogen-bond donors (Lipinski definition) is 1. The molecule has 1 N–H and O–H groups in total. The van der Waals surface area contributed by atoms with Gasteiger partial charge in [0.05, 0.1) is 15.5 Å². The molecule has 0 aliphatic heterocycles. The largest absolute Gasteiger partial charge is 0.416 e. The van der Waals surface area contributed by atoms with Crippen molar-refractivity contribution in [3.8, 4) is 0 Å². The molecule has 0 bridgehead atoms. The quantitative estimate of drug-likeness (QED) is 0.844. The Morgan fingerprint density at radius 2 is 1.95 bits per heavy atom. The minimum Gasteiger partial charge on any atom is -0.383 e. The molecular weight excluding hydrogens is 297 g/mol. The molecule has 0 amide bonds. The molecule has 0 fully saturated rings. The Hall–Kier alpha value is -1.04. The van der Waals surface area contributed by atoms with Gasteiger partial charge in [0.15, 0.2) is 0 Å². The van der Waals surface area contributed by atoms with Crippen LogP contribution in [0.15, 0.2) is 29.6 Å². The summed E-state index contributed by atoms with van der Waals surface area (Å²) in [5.74, 6) is 0. The number of benzene rings is 1. The predicted octanol–water partition coefficient (Wildman–Crippen LogP) is 4.81. The molecule has 1 aromatic carbocycles. The van der Waals surface area contributed by atoms with E-state index in [1.807, 2.05) is 0 Å². The fraction of sp³-hybridized carbons (Fsp3) is 0.231. The van der Waals surface area contributed by atoms with Crippen molar-refractivity contribution in [2.75, 3.05) is 0 Å². The first-order chi connectivity index (χ1) is 8.80. The Kier molecular flexibility index (Phi) is 3.90. The van der Waals surface area contributed by atoms with E-state index < -0.39 is 17.8 Å². The molecule has 102 valence electrons. The minimum absolute atomic E-state index is 0.381. The monoisotopic (exact) mass is 306 g/mol. The van der Waals surface area contributed by atoms with E-state index in [0.717, 1.165) is 12.1 Å². The van der Waals surface area contributed by atoms with Gasteiger partial charge in [-0.05, 0) is 41.6 Å². The maximum Gasteiger partial charge on any atom is 0.416 e. The molecule has 1 heterocycles. The highest BCUT2D eigenvalue weighted by Crippen LogP contribution is 2.36. The van der Waals surface area contributed by atoms with Crippen LogP contribution in [0, 0.1) is 6.92 Å². The van der Waals surface area contributed by atoms with Gasteiger partial charge in [-0.15, -0.1) is 11.3 Å². The summed E-state index contributed by atoms with van der Waals surface area (Å²) in [4.78, 5) is 0.532. The molecule has 1 aromatic heterocycles. The SMILES string of the molecule is Cc1cc(C(F)(F)F)ccc1C(O)c1sccc1Cl. The van der Waals surface area contributed by atoms with E-state index >= 15 is 0 Å². The summed E-state index contributed by atoms with van der Waals surface area (Å²) >= 11 is 7.18. The van der Waals surface area contributed by atoms with Crippen LogP contribution in [0.5, 0.6) is 0 Å². The van der Waals surface area contributed by atoms with Gasteiger partial charge in [-0.2, -0.15) is 13.2 Å². The van der Waals surface area contributed by atoms with Crippen LogP contribution in [-0.2, 0) is 6.18 Å². The van der Waals surface area contributed by atoms with Gasteiger partial charge in [0.2, 0.25) is 0 Å². The standard InChI is InChI=1S/C13H10ClF3OS/c1-7-6-8(13(15,16)17)2-3-9(7)11(18)12-10(14)4-5-19-12/h2-6,11,18H,1H3. The second kappa shape index (κ2) is 5.15. The number of hydrogen-bond acceptors (Lipinski definition) is 2. The summed E-state index contributed by atoms with van der Waals surface area (Å²) in [6.07, 6.45) is -5.38. The van der Waals surface area contributed by atoms with Crippen LogP contribution in [0.25, 0.3) is 0 Å². The number of aliphatic hydroxyl groups excluding tert-OH is 1. The molecule has 2 aromatic rings. The molecule has 19 heavy (non-hydrogen) atoms. The molecular formula is C13H10ClF3OS. The van der Waals surface area contributed by atoms with Gasteiger partial charge in [0.25, 0.3) is 0 Å². The van der Waals surface area contributed by atoms with Crippen LogP contribution in [0.2, 0.25) is 5.02 Å². The molecule has 0 saturated carbocycles. The number of thiophene rings is 1. The summed E-state index contributed by atoms with van der Waals surface area (Å²) in [6, 6.07) is 4.93. The first kappa shape index (κ1) is 14.4. The normalized spacial score (nSPS) is 13.6. The molecule has 6 heteroatoms. The molecule has 1 nitrogen and oxygen atoms in total. The number of rotatable bonds is 2. The van der Waals surface area contributed by atoms with Gasteiger partial charge < -0.3 is 5.11 Å². The lowest BCUT2D eigenvalue weighted by Gasteiger charge is -2.15. The first-order valence-corrected chi connectivity index (χ1v) is 6.65. The van der Waals surface area contributed by atoms with Crippen molar-refractivity contribution >= 4 is 22.9 Å². The highest BCUT2D eigenvalue weighted by molar-refractivity contribution is 7.10. The summed E-state index contributed by atoms with van der Waals surface area (Å²) in [7, 11) is 0. The van der Waals surface area contributed by atoms with Crippen molar-refractivity contribution in [3.05, 3.63) is 56.2 Å². The number of halogens is 4. The van der Waals surface area contributed by atoms with E-state index in [4.69, 9.17) is 11.6 Å². The number of aliphatic hydroxyl groups is 1. The molecule has 1 unspecified atom stereocenters. The lowest BCUT2D eigenvalue weighted by molar-refractivity contribution is -0.137. The maximum absolute atomic E-state index is 12.6. The van der Waals surface area contributed by atoms with Crippen molar-refractivity contribution in [2.45, 2.75) is 19.2 Å². The van der Waals surface area contributed by atoms with Gasteiger partial charge >= 0.3 is 6.18 Å². The Morgan fingerprint density at radius 3 is 2.42 bits per heavy atom. The van der Waals surface area contributed by atoms with Crippen LogP contribution in [0.3, 0.4) is 0 Å². The summed E-state index contributed by atoms with van der Waals surface area (Å²) < 4.78 is 37.7. The zero-order valence-corrected chi connectivity index (χ0v) is 11.4.